The normalized spacial score (nSPS) is 4.50. The van der Waals surface area contributed by atoms with Crippen molar-refractivity contribution >= 4 is 11.9 Å². The maximum absolute atomic E-state index is 6.12. The van der Waals surface area contributed by atoms with Gasteiger partial charge < -0.3 is 5.14 Å². The summed E-state index contributed by atoms with van der Waals surface area (Å²) in [4.78, 5) is 0. The molecule has 0 aliphatic rings. The van der Waals surface area contributed by atoms with Crippen LogP contribution in [0, 0.1) is 0 Å². The van der Waals surface area contributed by atoms with Crippen LogP contribution in [0.5, 0.6) is 0 Å². The Kier molecular flexibility index (Phi) is 20.1. The van der Waals surface area contributed by atoms with Crippen molar-refractivity contribution in [2.45, 2.75) is 0 Å². The summed E-state index contributed by atoms with van der Waals surface area (Å²) in [5.74, 6) is 0. The van der Waals surface area contributed by atoms with Gasteiger partial charge in [-0.25, -0.2) is 0 Å². The third-order valence-corrected chi connectivity index (χ3v) is 0. The third kappa shape index (κ3) is 12.6. The summed E-state index contributed by atoms with van der Waals surface area (Å²) in [6.45, 7) is 0. The average molecular weight is 128 g/mol. The molecule has 3 heteroatoms. The van der Waals surface area contributed by atoms with Gasteiger partial charge in [0.15, 0.2) is 0 Å². The molecular weight excluding hydrogens is 123 g/mol. The molecular formula is CH4NSZn-. The first-order chi connectivity index (χ1) is 1.41. The minimum absolute atomic E-state index is 0. The maximum atomic E-state index is 6.12. The molecule has 0 aromatic rings. The van der Waals surface area contributed by atoms with Crippen molar-refractivity contribution in [3.05, 3.63) is 5.14 Å². The van der Waals surface area contributed by atoms with E-state index in [2.05, 4.69) is 0 Å². The van der Waals surface area contributed by atoms with Crippen molar-refractivity contribution in [3.8, 4) is 0 Å². The molecule has 0 spiro atoms. The Labute approximate surface area is 43.2 Å². The summed E-state index contributed by atoms with van der Waals surface area (Å²) in [5, 5.41) is 6.12. The van der Waals surface area contributed by atoms with E-state index in [9.17, 15) is 0 Å². The van der Waals surface area contributed by atoms with Crippen LogP contribution in [0.4, 0.5) is 0 Å². The zero-order chi connectivity index (χ0) is 2.71. The van der Waals surface area contributed by atoms with Crippen LogP contribution >= 0.6 is 11.9 Å². The Bertz CT molecular complexity index is 8.00. The number of rotatable bonds is 0. The molecule has 0 amide bonds. The fourth-order valence-corrected chi connectivity index (χ4v) is 0. The van der Waals surface area contributed by atoms with Crippen molar-refractivity contribution in [2.24, 2.45) is 0 Å². The minimum Gasteiger partial charge on any atom is -0.622 e. The molecule has 0 fully saturated rings. The number of nitrogens with one attached hydrogen (secondary N) is 1. The van der Waals surface area contributed by atoms with Crippen LogP contribution in [-0.2, 0) is 19.5 Å². The Hall–Kier alpha value is 0.933. The molecule has 0 aromatic heterocycles. The second kappa shape index (κ2) is 9.05. The van der Waals surface area contributed by atoms with E-state index < -0.39 is 0 Å². The Morgan fingerprint density at radius 1 is 1.75 bits per heavy atom. The smallest absolute Gasteiger partial charge is 0 e. The van der Waals surface area contributed by atoms with Crippen molar-refractivity contribution in [2.75, 3.05) is 6.26 Å². The summed E-state index contributed by atoms with van der Waals surface area (Å²) in [6.07, 6.45) is 1.71. The first kappa shape index (κ1) is 8.87. The first-order valence-electron chi connectivity index (χ1n) is 0.612. The van der Waals surface area contributed by atoms with Crippen LogP contribution < -0.4 is 0 Å². The zero-order valence-corrected chi connectivity index (χ0v) is 6.40. The molecule has 0 unspecified atom stereocenters. The third-order valence-electron chi connectivity index (χ3n) is 0. The van der Waals surface area contributed by atoms with Gasteiger partial charge in [-0.3, -0.25) is 11.9 Å². The summed E-state index contributed by atoms with van der Waals surface area (Å²) in [5.41, 5.74) is 0. The predicted molar refractivity (Wildman–Crippen MR) is 17.8 cm³/mol. The van der Waals surface area contributed by atoms with Crippen LogP contribution in [0.15, 0.2) is 0 Å². The zero-order valence-electron chi connectivity index (χ0n) is 2.62. The predicted octanol–water partition coefficient (Wildman–Crippen LogP) is 1.31. The van der Waals surface area contributed by atoms with Crippen LogP contribution in [0.3, 0.4) is 0 Å². The Balaban J connectivity index is 0. The van der Waals surface area contributed by atoms with E-state index in [1.165, 1.54) is 0 Å². The molecule has 22 valence electrons. The molecule has 0 heterocycles. The molecule has 0 saturated carbocycles. The molecule has 0 saturated heterocycles. The topological polar surface area (TPSA) is 23.8 Å². The van der Waals surface area contributed by atoms with Crippen LogP contribution in [0.2, 0.25) is 0 Å². The van der Waals surface area contributed by atoms with Gasteiger partial charge in [0.2, 0.25) is 0 Å². The summed E-state index contributed by atoms with van der Waals surface area (Å²) >= 11 is 1.000. The van der Waals surface area contributed by atoms with Gasteiger partial charge in [0.1, 0.15) is 0 Å². The van der Waals surface area contributed by atoms with Gasteiger partial charge in [-0.2, -0.15) is 0 Å². The van der Waals surface area contributed by atoms with Gasteiger partial charge in [0.25, 0.3) is 0 Å². The summed E-state index contributed by atoms with van der Waals surface area (Å²) < 4.78 is 0. The molecule has 0 aliphatic carbocycles. The average Bonchev–Trinajstić information content (AvgIpc) is 0.918. The summed E-state index contributed by atoms with van der Waals surface area (Å²) in [7, 11) is 0. The second-order valence-corrected chi connectivity index (χ2v) is 0.612. The van der Waals surface area contributed by atoms with Gasteiger partial charge in [-0.05, 0) is 6.26 Å². The molecule has 0 rings (SSSR count). The monoisotopic (exact) mass is 126 g/mol. The standard InChI is InChI=1S/CH4NS.Zn/c1-3-2;/h2H,1H3;/q-1;. The SMILES string of the molecule is CS[NH-].[Zn]. The van der Waals surface area contributed by atoms with Crippen molar-refractivity contribution < 1.29 is 19.5 Å². The largest absolute Gasteiger partial charge is 0.622 e. The molecule has 0 aromatic carbocycles. The minimum atomic E-state index is 0. The summed E-state index contributed by atoms with van der Waals surface area (Å²) in [6, 6.07) is 0. The van der Waals surface area contributed by atoms with E-state index in [1.807, 2.05) is 0 Å². The first-order valence-corrected chi connectivity index (χ1v) is 1.84. The van der Waals surface area contributed by atoms with Crippen molar-refractivity contribution in [1.82, 2.24) is 0 Å². The molecule has 0 aliphatic heterocycles. The van der Waals surface area contributed by atoms with Gasteiger partial charge in [-0.1, -0.05) is 0 Å². The second-order valence-electron chi connectivity index (χ2n) is 0.204. The molecule has 1 N–H and O–H groups in total. The fourth-order valence-electron chi connectivity index (χ4n) is 0. The molecule has 4 heavy (non-hydrogen) atoms. The van der Waals surface area contributed by atoms with Crippen molar-refractivity contribution in [1.29, 1.82) is 0 Å². The van der Waals surface area contributed by atoms with Gasteiger partial charge in [-0.15, -0.1) is 0 Å². The van der Waals surface area contributed by atoms with Crippen LogP contribution in [0.25, 0.3) is 5.14 Å². The molecule has 0 bridgehead atoms. The van der Waals surface area contributed by atoms with E-state index >= 15 is 0 Å². The van der Waals surface area contributed by atoms with E-state index in [1.54, 1.807) is 6.26 Å². The Morgan fingerprint density at radius 3 is 1.75 bits per heavy atom. The quantitative estimate of drug-likeness (QED) is 0.356. The van der Waals surface area contributed by atoms with Gasteiger partial charge in [0, 0.05) is 19.5 Å². The van der Waals surface area contributed by atoms with E-state index in [0.29, 0.717) is 0 Å². The van der Waals surface area contributed by atoms with Crippen LogP contribution in [0.1, 0.15) is 0 Å². The molecule has 1 nitrogen and oxygen atoms in total. The van der Waals surface area contributed by atoms with Gasteiger partial charge >= 0.3 is 0 Å². The van der Waals surface area contributed by atoms with Crippen molar-refractivity contribution in [3.63, 3.8) is 0 Å². The Morgan fingerprint density at radius 2 is 1.75 bits per heavy atom. The van der Waals surface area contributed by atoms with Gasteiger partial charge in [0.05, 0.1) is 0 Å². The van der Waals surface area contributed by atoms with Crippen LogP contribution in [-0.4, -0.2) is 6.26 Å². The van der Waals surface area contributed by atoms with E-state index in [4.69, 9.17) is 5.14 Å². The molecule has 0 radical (unpaired) electrons. The maximum Gasteiger partial charge on any atom is 0 e. The number of hydrogen-bond acceptors (Lipinski definition) is 1. The fraction of sp³-hybridized carbons (Fsp3) is 1.00. The molecule has 0 atom stereocenters. The number of hydrogen-bond donors (Lipinski definition) is 0. The van der Waals surface area contributed by atoms with E-state index in [-0.39, 0.29) is 19.5 Å². The van der Waals surface area contributed by atoms with E-state index in [0.717, 1.165) is 11.9 Å².